The number of carboxylic acid groups (broad SMARTS) is 1. The summed E-state index contributed by atoms with van der Waals surface area (Å²) in [5, 5.41) is 12.7. The van der Waals surface area contributed by atoms with E-state index in [4.69, 9.17) is 0 Å². The number of hydrogen-bond donors (Lipinski definition) is 1. The minimum atomic E-state index is -0.736. The number of rotatable bonds is 4. The van der Waals surface area contributed by atoms with Gasteiger partial charge in [-0.3, -0.25) is 14.5 Å². The first-order chi connectivity index (χ1) is 12.0. The van der Waals surface area contributed by atoms with Crippen molar-refractivity contribution in [3.05, 3.63) is 16.1 Å². The van der Waals surface area contributed by atoms with Crippen LogP contribution in [0.5, 0.6) is 0 Å². The highest BCUT2D eigenvalue weighted by Gasteiger charge is 2.49. The van der Waals surface area contributed by atoms with Crippen molar-refractivity contribution in [2.45, 2.75) is 51.6 Å². The molecule has 0 radical (unpaired) electrons. The standard InChI is InChI=1S/C18H25N3O3S/c1-12-19-14(10-25-12)9-21-11-18(8-15(21)17(23)24)4-6-20(7-5-18)16(22)13-2-3-13/h10,13,15H,2-9,11H2,1H3,(H,23,24)/t15-/m0/s1. The summed E-state index contributed by atoms with van der Waals surface area (Å²) >= 11 is 1.61. The molecule has 1 amide bonds. The van der Waals surface area contributed by atoms with Crippen molar-refractivity contribution in [3.8, 4) is 0 Å². The van der Waals surface area contributed by atoms with Gasteiger partial charge in [0.1, 0.15) is 6.04 Å². The molecule has 1 N–H and O–H groups in total. The molecule has 1 aromatic rings. The third kappa shape index (κ3) is 3.44. The van der Waals surface area contributed by atoms with E-state index in [2.05, 4.69) is 9.88 Å². The van der Waals surface area contributed by atoms with Gasteiger partial charge < -0.3 is 10.0 Å². The highest BCUT2D eigenvalue weighted by atomic mass is 32.1. The van der Waals surface area contributed by atoms with Crippen LogP contribution in [0.25, 0.3) is 0 Å². The normalized spacial score (nSPS) is 26.3. The summed E-state index contributed by atoms with van der Waals surface area (Å²) in [6.07, 6.45) is 4.62. The van der Waals surface area contributed by atoms with E-state index in [1.807, 2.05) is 17.2 Å². The van der Waals surface area contributed by atoms with Gasteiger partial charge in [0, 0.05) is 37.5 Å². The Morgan fingerprint density at radius 1 is 1.36 bits per heavy atom. The van der Waals surface area contributed by atoms with Crippen LogP contribution in [-0.2, 0) is 16.1 Å². The fraction of sp³-hybridized carbons (Fsp3) is 0.722. The number of amides is 1. The van der Waals surface area contributed by atoms with Crippen molar-refractivity contribution in [1.29, 1.82) is 0 Å². The Morgan fingerprint density at radius 2 is 2.08 bits per heavy atom. The van der Waals surface area contributed by atoms with E-state index >= 15 is 0 Å². The predicted molar refractivity (Wildman–Crippen MR) is 94.3 cm³/mol. The van der Waals surface area contributed by atoms with Gasteiger partial charge in [-0.2, -0.15) is 0 Å². The maximum absolute atomic E-state index is 12.3. The van der Waals surface area contributed by atoms with Crippen molar-refractivity contribution in [2.75, 3.05) is 19.6 Å². The van der Waals surface area contributed by atoms with Gasteiger partial charge in [-0.1, -0.05) is 0 Å². The second-order valence-electron chi connectivity index (χ2n) is 7.92. The number of aromatic nitrogens is 1. The molecule has 7 heteroatoms. The average molecular weight is 363 g/mol. The Kier molecular flexibility index (Phi) is 4.32. The van der Waals surface area contributed by atoms with E-state index in [0.29, 0.717) is 18.9 Å². The zero-order valence-corrected chi connectivity index (χ0v) is 15.4. The van der Waals surface area contributed by atoms with Gasteiger partial charge in [-0.05, 0) is 44.4 Å². The van der Waals surface area contributed by atoms with Crippen molar-refractivity contribution in [1.82, 2.24) is 14.8 Å². The first kappa shape index (κ1) is 17.0. The second kappa shape index (κ2) is 6.36. The molecule has 1 aliphatic carbocycles. The second-order valence-corrected chi connectivity index (χ2v) is 8.98. The smallest absolute Gasteiger partial charge is 0.320 e. The Labute approximate surface area is 151 Å². The first-order valence-electron chi connectivity index (χ1n) is 9.12. The molecule has 2 saturated heterocycles. The third-order valence-electron chi connectivity index (χ3n) is 5.98. The molecule has 0 bridgehead atoms. The molecule has 1 saturated carbocycles. The van der Waals surface area contributed by atoms with Gasteiger partial charge in [0.25, 0.3) is 0 Å². The molecule has 3 fully saturated rings. The number of carbonyl (C=O) groups excluding carboxylic acids is 1. The number of piperidine rings is 1. The Morgan fingerprint density at radius 3 is 2.64 bits per heavy atom. The summed E-state index contributed by atoms with van der Waals surface area (Å²) in [5.74, 6) is -0.147. The lowest BCUT2D eigenvalue weighted by Crippen LogP contribution is -2.44. The number of thiazole rings is 1. The van der Waals surface area contributed by atoms with Gasteiger partial charge in [0.2, 0.25) is 5.91 Å². The molecular formula is C18H25N3O3S. The van der Waals surface area contributed by atoms with Gasteiger partial charge in [-0.25, -0.2) is 4.98 Å². The van der Waals surface area contributed by atoms with Gasteiger partial charge in [0.05, 0.1) is 10.7 Å². The average Bonchev–Trinajstić information content (AvgIpc) is 3.27. The van der Waals surface area contributed by atoms with Crippen LogP contribution < -0.4 is 0 Å². The number of aryl methyl sites for hydroxylation is 1. The van der Waals surface area contributed by atoms with Crippen LogP contribution >= 0.6 is 11.3 Å². The molecule has 1 aromatic heterocycles. The molecule has 3 heterocycles. The molecule has 1 spiro atoms. The number of carbonyl (C=O) groups is 2. The van der Waals surface area contributed by atoms with E-state index in [1.54, 1.807) is 11.3 Å². The summed E-state index contributed by atoms with van der Waals surface area (Å²) in [4.78, 5) is 32.6. The third-order valence-corrected chi connectivity index (χ3v) is 6.81. The van der Waals surface area contributed by atoms with Crippen LogP contribution in [0.1, 0.15) is 42.8 Å². The summed E-state index contributed by atoms with van der Waals surface area (Å²) in [6.45, 7) is 4.94. The Bertz CT molecular complexity index is 677. The van der Waals surface area contributed by atoms with Crippen LogP contribution in [0.3, 0.4) is 0 Å². The van der Waals surface area contributed by atoms with Crippen LogP contribution in [0.4, 0.5) is 0 Å². The zero-order chi connectivity index (χ0) is 17.6. The fourth-order valence-electron chi connectivity index (χ4n) is 4.40. The minimum Gasteiger partial charge on any atom is -0.480 e. The molecule has 0 aromatic carbocycles. The van der Waals surface area contributed by atoms with Crippen molar-refractivity contribution in [2.24, 2.45) is 11.3 Å². The van der Waals surface area contributed by atoms with E-state index in [0.717, 1.165) is 56.0 Å². The largest absolute Gasteiger partial charge is 0.480 e. The van der Waals surface area contributed by atoms with Crippen molar-refractivity contribution >= 4 is 23.2 Å². The highest BCUT2D eigenvalue weighted by Crippen LogP contribution is 2.45. The molecule has 6 nitrogen and oxygen atoms in total. The maximum Gasteiger partial charge on any atom is 0.320 e. The van der Waals surface area contributed by atoms with E-state index in [1.165, 1.54) is 0 Å². The fourth-order valence-corrected chi connectivity index (χ4v) is 5.00. The molecule has 2 aliphatic heterocycles. The number of nitrogens with zero attached hydrogens (tertiary/aromatic N) is 3. The topological polar surface area (TPSA) is 73.7 Å². The zero-order valence-electron chi connectivity index (χ0n) is 14.6. The summed E-state index contributed by atoms with van der Waals surface area (Å²) < 4.78 is 0. The van der Waals surface area contributed by atoms with E-state index in [-0.39, 0.29) is 11.3 Å². The SMILES string of the molecule is Cc1nc(CN2CC3(CCN(C(=O)C4CC4)CC3)C[C@H]2C(=O)O)cs1. The molecule has 25 heavy (non-hydrogen) atoms. The van der Waals surface area contributed by atoms with Gasteiger partial charge in [-0.15, -0.1) is 11.3 Å². The molecule has 136 valence electrons. The number of likely N-dealkylation sites (tertiary alicyclic amines) is 2. The van der Waals surface area contributed by atoms with Crippen LogP contribution in [0.2, 0.25) is 0 Å². The summed E-state index contributed by atoms with van der Waals surface area (Å²) in [6, 6.07) is -0.437. The highest BCUT2D eigenvalue weighted by molar-refractivity contribution is 7.09. The summed E-state index contributed by atoms with van der Waals surface area (Å²) in [7, 11) is 0. The van der Waals surface area contributed by atoms with Crippen LogP contribution in [-0.4, -0.2) is 57.4 Å². The van der Waals surface area contributed by atoms with Crippen molar-refractivity contribution in [3.63, 3.8) is 0 Å². The lowest BCUT2D eigenvalue weighted by Gasteiger charge is -2.39. The quantitative estimate of drug-likeness (QED) is 0.887. The lowest BCUT2D eigenvalue weighted by molar-refractivity contribution is -0.142. The van der Waals surface area contributed by atoms with Gasteiger partial charge >= 0.3 is 5.97 Å². The number of hydrogen-bond acceptors (Lipinski definition) is 5. The van der Waals surface area contributed by atoms with E-state index < -0.39 is 12.0 Å². The number of aliphatic carboxylic acids is 1. The molecule has 0 unspecified atom stereocenters. The Balaban J connectivity index is 1.42. The molecule has 1 atom stereocenters. The van der Waals surface area contributed by atoms with E-state index in [9.17, 15) is 14.7 Å². The molecule has 3 aliphatic rings. The maximum atomic E-state index is 12.3. The lowest BCUT2D eigenvalue weighted by atomic mass is 9.76. The van der Waals surface area contributed by atoms with Crippen molar-refractivity contribution < 1.29 is 14.7 Å². The van der Waals surface area contributed by atoms with Crippen LogP contribution in [0, 0.1) is 18.3 Å². The predicted octanol–water partition coefficient (Wildman–Crippen LogP) is 2.13. The summed E-state index contributed by atoms with van der Waals surface area (Å²) in [5.41, 5.74) is 1.00. The van der Waals surface area contributed by atoms with Gasteiger partial charge in [0.15, 0.2) is 0 Å². The first-order valence-corrected chi connectivity index (χ1v) is 10.0. The van der Waals surface area contributed by atoms with Crippen LogP contribution in [0.15, 0.2) is 5.38 Å². The minimum absolute atomic E-state index is 0.0362. The molecule has 4 rings (SSSR count). The number of carboxylic acids is 1. The molecular weight excluding hydrogens is 338 g/mol. The monoisotopic (exact) mass is 363 g/mol. The Hall–Kier alpha value is -1.47.